The molecule has 2 aromatic rings. The number of hydroxylamine groups is 1. The van der Waals surface area contributed by atoms with Gasteiger partial charge >= 0.3 is 5.97 Å². The van der Waals surface area contributed by atoms with Gasteiger partial charge in [0.25, 0.3) is 0 Å². The Kier molecular flexibility index (Phi) is 8.45. The second-order valence-corrected chi connectivity index (χ2v) is 10.3. The van der Waals surface area contributed by atoms with Gasteiger partial charge in [0.1, 0.15) is 5.82 Å². The van der Waals surface area contributed by atoms with Gasteiger partial charge in [-0.15, -0.1) is 0 Å². The van der Waals surface area contributed by atoms with Gasteiger partial charge in [-0.25, -0.2) is 4.39 Å². The number of piperidine rings is 1. The molecule has 37 heavy (non-hydrogen) atoms. The van der Waals surface area contributed by atoms with Crippen LogP contribution in [0.1, 0.15) is 54.5 Å². The van der Waals surface area contributed by atoms with Crippen molar-refractivity contribution in [3.8, 4) is 0 Å². The minimum absolute atomic E-state index is 0.133. The average molecular weight is 510 g/mol. The summed E-state index contributed by atoms with van der Waals surface area (Å²) in [6.45, 7) is 4.02. The van der Waals surface area contributed by atoms with Crippen molar-refractivity contribution in [2.24, 2.45) is 11.0 Å². The SMILES string of the molecule is O=C(O)CN1CCC(CC2CC(c3ccc(C=NN4CCNCC4c4ccccc4F)cc3)NO2)CC1. The van der Waals surface area contributed by atoms with Crippen molar-refractivity contribution in [2.45, 2.75) is 43.9 Å². The molecule has 0 aliphatic carbocycles. The quantitative estimate of drug-likeness (QED) is 0.471. The first-order valence-electron chi connectivity index (χ1n) is 13.3. The molecule has 0 saturated carbocycles. The predicted molar refractivity (Wildman–Crippen MR) is 140 cm³/mol. The first kappa shape index (κ1) is 25.8. The van der Waals surface area contributed by atoms with Gasteiger partial charge in [0.05, 0.1) is 30.9 Å². The first-order chi connectivity index (χ1) is 18.0. The molecule has 0 amide bonds. The number of likely N-dealkylation sites (tertiary alicyclic amines) is 1. The van der Waals surface area contributed by atoms with Gasteiger partial charge in [-0.2, -0.15) is 10.6 Å². The highest BCUT2D eigenvalue weighted by Gasteiger charge is 2.30. The molecule has 3 atom stereocenters. The number of aliphatic carboxylic acids is 1. The van der Waals surface area contributed by atoms with E-state index in [-0.39, 0.29) is 30.5 Å². The molecule has 3 aliphatic heterocycles. The Labute approximate surface area is 217 Å². The Morgan fingerprint density at radius 3 is 2.68 bits per heavy atom. The van der Waals surface area contributed by atoms with Crippen LogP contribution in [0.5, 0.6) is 0 Å². The second-order valence-electron chi connectivity index (χ2n) is 10.3. The molecular formula is C28H36FN5O3. The number of nitrogens with zero attached hydrogens (tertiary/aromatic N) is 3. The molecule has 198 valence electrons. The third-order valence-electron chi connectivity index (χ3n) is 7.71. The van der Waals surface area contributed by atoms with Crippen molar-refractivity contribution in [3.05, 3.63) is 71.0 Å². The van der Waals surface area contributed by atoms with Crippen molar-refractivity contribution >= 4 is 12.2 Å². The van der Waals surface area contributed by atoms with E-state index in [0.717, 1.165) is 57.4 Å². The number of hydrazone groups is 1. The summed E-state index contributed by atoms with van der Waals surface area (Å²) in [6.07, 6.45) is 6.00. The van der Waals surface area contributed by atoms with Gasteiger partial charge in [-0.3, -0.25) is 19.5 Å². The lowest BCUT2D eigenvalue weighted by molar-refractivity contribution is -0.138. The van der Waals surface area contributed by atoms with Gasteiger partial charge in [0.15, 0.2) is 0 Å². The van der Waals surface area contributed by atoms with Crippen LogP contribution in [0.2, 0.25) is 0 Å². The Hall–Kier alpha value is -2.85. The second kappa shape index (κ2) is 12.1. The number of hydrogen-bond acceptors (Lipinski definition) is 7. The Bertz CT molecular complexity index is 1070. The summed E-state index contributed by atoms with van der Waals surface area (Å²) in [7, 11) is 0. The molecule has 3 aliphatic rings. The number of rotatable bonds is 8. The van der Waals surface area contributed by atoms with Crippen molar-refractivity contribution in [3.63, 3.8) is 0 Å². The lowest BCUT2D eigenvalue weighted by Crippen LogP contribution is -2.43. The Balaban J connectivity index is 1.12. The summed E-state index contributed by atoms with van der Waals surface area (Å²) >= 11 is 0. The third-order valence-corrected chi connectivity index (χ3v) is 7.71. The molecule has 0 spiro atoms. The van der Waals surface area contributed by atoms with Crippen molar-refractivity contribution in [1.29, 1.82) is 0 Å². The normalized spacial score (nSPS) is 25.6. The summed E-state index contributed by atoms with van der Waals surface area (Å²) in [5.74, 6) is -0.376. The molecule has 3 heterocycles. The van der Waals surface area contributed by atoms with E-state index in [9.17, 15) is 9.18 Å². The van der Waals surface area contributed by atoms with E-state index in [1.807, 2.05) is 28.3 Å². The average Bonchev–Trinajstić information content (AvgIpc) is 3.38. The van der Waals surface area contributed by atoms with Gasteiger partial charge in [-0.05, 0) is 61.9 Å². The molecule has 2 aromatic carbocycles. The van der Waals surface area contributed by atoms with Gasteiger partial charge in [-0.1, -0.05) is 42.5 Å². The maximum Gasteiger partial charge on any atom is 0.317 e. The van der Waals surface area contributed by atoms with E-state index in [2.05, 4.69) is 35.1 Å². The van der Waals surface area contributed by atoms with Crippen LogP contribution >= 0.6 is 0 Å². The van der Waals surface area contributed by atoms with Crippen molar-refractivity contribution in [2.75, 3.05) is 39.3 Å². The minimum atomic E-state index is -0.752. The number of carboxylic acids is 1. The molecule has 0 bridgehead atoms. The number of hydrogen-bond donors (Lipinski definition) is 3. The summed E-state index contributed by atoms with van der Waals surface area (Å²) in [5.41, 5.74) is 6.05. The third kappa shape index (κ3) is 6.73. The van der Waals surface area contributed by atoms with E-state index in [0.29, 0.717) is 18.0 Å². The fourth-order valence-corrected chi connectivity index (χ4v) is 5.63. The monoisotopic (exact) mass is 509 g/mol. The number of benzene rings is 2. The molecule has 9 heteroatoms. The molecule has 3 saturated heterocycles. The van der Waals surface area contributed by atoms with Crippen LogP contribution in [-0.2, 0) is 9.63 Å². The topological polar surface area (TPSA) is 89.4 Å². The Morgan fingerprint density at radius 2 is 1.92 bits per heavy atom. The minimum Gasteiger partial charge on any atom is -0.480 e. The highest BCUT2D eigenvalue weighted by Crippen LogP contribution is 2.32. The molecule has 3 fully saturated rings. The maximum absolute atomic E-state index is 14.4. The molecule has 3 unspecified atom stereocenters. The summed E-state index contributed by atoms with van der Waals surface area (Å²) < 4.78 is 14.4. The van der Waals surface area contributed by atoms with E-state index in [4.69, 9.17) is 15.0 Å². The molecule has 8 nitrogen and oxygen atoms in total. The van der Waals surface area contributed by atoms with Crippen molar-refractivity contribution < 1.29 is 19.1 Å². The van der Waals surface area contributed by atoms with E-state index >= 15 is 0 Å². The van der Waals surface area contributed by atoms with Crippen LogP contribution in [0.25, 0.3) is 0 Å². The van der Waals surface area contributed by atoms with Crippen molar-refractivity contribution in [1.82, 2.24) is 20.7 Å². The van der Waals surface area contributed by atoms with Crippen LogP contribution in [0, 0.1) is 11.7 Å². The summed E-state index contributed by atoms with van der Waals surface area (Å²) in [5, 5.41) is 19.0. The maximum atomic E-state index is 14.4. The molecule has 0 aromatic heterocycles. The summed E-state index contributed by atoms with van der Waals surface area (Å²) in [4.78, 5) is 18.8. The van der Waals surface area contributed by atoms with Gasteiger partial charge < -0.3 is 10.4 Å². The number of halogens is 1. The van der Waals surface area contributed by atoms with Crippen LogP contribution in [0.15, 0.2) is 53.6 Å². The smallest absolute Gasteiger partial charge is 0.317 e. The van der Waals surface area contributed by atoms with E-state index in [1.54, 1.807) is 6.07 Å². The molecule has 3 N–H and O–H groups in total. The van der Waals surface area contributed by atoms with Crippen LogP contribution in [-0.4, -0.2) is 72.6 Å². The van der Waals surface area contributed by atoms with Gasteiger partial charge in [0, 0.05) is 25.2 Å². The standard InChI is InChI=1S/C28H36FN5O3/c29-25-4-2-1-3-24(25)27-18-30-11-14-34(27)31-17-21-5-7-22(8-6-21)26-16-23(37-32-26)15-20-9-12-33(13-10-20)19-28(35)36/h1-8,17,20,23,26-27,30,32H,9-16,18-19H2,(H,35,36). The highest BCUT2D eigenvalue weighted by molar-refractivity contribution is 5.79. The molecular weight excluding hydrogens is 473 g/mol. The predicted octanol–water partition coefficient (Wildman–Crippen LogP) is 3.33. The van der Waals surface area contributed by atoms with E-state index < -0.39 is 5.97 Å². The van der Waals surface area contributed by atoms with Crippen LogP contribution in [0.3, 0.4) is 0 Å². The number of piperazine rings is 1. The fraction of sp³-hybridized carbons (Fsp3) is 0.500. The lowest BCUT2D eigenvalue weighted by Gasteiger charge is -2.34. The number of carboxylic acid groups (broad SMARTS) is 1. The molecule has 0 radical (unpaired) electrons. The number of nitrogens with one attached hydrogen (secondary N) is 2. The van der Waals surface area contributed by atoms with Crippen LogP contribution < -0.4 is 10.8 Å². The number of carbonyl (C=O) groups is 1. The van der Waals surface area contributed by atoms with Crippen LogP contribution in [0.4, 0.5) is 4.39 Å². The first-order valence-corrected chi connectivity index (χ1v) is 13.3. The molecule has 5 rings (SSSR count). The lowest BCUT2D eigenvalue weighted by atomic mass is 9.89. The zero-order chi connectivity index (χ0) is 25.6. The Morgan fingerprint density at radius 1 is 1.14 bits per heavy atom. The van der Waals surface area contributed by atoms with Gasteiger partial charge in [0.2, 0.25) is 0 Å². The zero-order valence-electron chi connectivity index (χ0n) is 21.1. The fourth-order valence-electron chi connectivity index (χ4n) is 5.63. The van der Waals surface area contributed by atoms with E-state index in [1.165, 1.54) is 11.6 Å². The summed E-state index contributed by atoms with van der Waals surface area (Å²) in [6, 6.07) is 15.3. The highest BCUT2D eigenvalue weighted by atomic mass is 19.1. The largest absolute Gasteiger partial charge is 0.480 e. The zero-order valence-corrected chi connectivity index (χ0v) is 21.1.